The fourth-order valence-corrected chi connectivity index (χ4v) is 4.15. The largest absolute Gasteiger partial charge is 0.370 e. The summed E-state index contributed by atoms with van der Waals surface area (Å²) in [7, 11) is 2.20. The fourth-order valence-electron chi connectivity index (χ4n) is 3.05. The van der Waals surface area contributed by atoms with Gasteiger partial charge in [0.2, 0.25) is 0 Å². The first kappa shape index (κ1) is 15.7. The highest BCUT2D eigenvalue weighted by Gasteiger charge is 2.25. The van der Waals surface area contributed by atoms with Crippen LogP contribution in [0.25, 0.3) is 0 Å². The second kappa shape index (κ2) is 6.94. The van der Waals surface area contributed by atoms with Crippen molar-refractivity contribution in [2.75, 3.05) is 31.6 Å². The van der Waals surface area contributed by atoms with Crippen LogP contribution in [0.4, 0.5) is 5.69 Å². The Morgan fingerprint density at radius 1 is 1.50 bits per heavy atom. The minimum Gasteiger partial charge on any atom is -0.370 e. The van der Waals surface area contributed by atoms with Crippen molar-refractivity contribution in [3.8, 4) is 0 Å². The molecule has 22 heavy (non-hydrogen) atoms. The SMILES string of the molecule is Cc1ncsc1CN(C)C[C@H]1CCN(c2ccncc2Cl)C1. The van der Waals surface area contributed by atoms with E-state index in [9.17, 15) is 0 Å². The summed E-state index contributed by atoms with van der Waals surface area (Å²) in [5, 5.41) is 0.747. The number of aryl methyl sites for hydroxylation is 1. The number of hydrogen-bond donors (Lipinski definition) is 0. The van der Waals surface area contributed by atoms with Gasteiger partial charge in [-0.1, -0.05) is 11.6 Å². The van der Waals surface area contributed by atoms with Gasteiger partial charge in [0.05, 0.1) is 21.9 Å². The summed E-state index contributed by atoms with van der Waals surface area (Å²) in [5.41, 5.74) is 4.20. The molecule has 1 saturated heterocycles. The zero-order valence-corrected chi connectivity index (χ0v) is 14.6. The van der Waals surface area contributed by atoms with Crippen molar-refractivity contribution in [3.63, 3.8) is 0 Å². The smallest absolute Gasteiger partial charge is 0.0822 e. The summed E-state index contributed by atoms with van der Waals surface area (Å²) in [6.07, 6.45) is 4.75. The number of thiazole rings is 1. The zero-order chi connectivity index (χ0) is 15.5. The van der Waals surface area contributed by atoms with Gasteiger partial charge in [0.1, 0.15) is 0 Å². The molecule has 1 atom stereocenters. The highest BCUT2D eigenvalue weighted by atomic mass is 35.5. The van der Waals surface area contributed by atoms with Gasteiger partial charge in [-0.05, 0) is 32.4 Å². The third-order valence-corrected chi connectivity index (χ3v) is 5.42. The van der Waals surface area contributed by atoms with Crippen LogP contribution in [-0.4, -0.2) is 41.5 Å². The van der Waals surface area contributed by atoms with Gasteiger partial charge in [-0.2, -0.15) is 0 Å². The van der Waals surface area contributed by atoms with E-state index in [1.807, 2.05) is 17.8 Å². The maximum absolute atomic E-state index is 6.25. The number of halogens is 1. The van der Waals surface area contributed by atoms with Gasteiger partial charge in [-0.3, -0.25) is 4.98 Å². The van der Waals surface area contributed by atoms with Gasteiger partial charge in [-0.15, -0.1) is 11.3 Å². The van der Waals surface area contributed by atoms with Crippen molar-refractivity contribution in [3.05, 3.63) is 39.6 Å². The third-order valence-electron chi connectivity index (χ3n) is 4.21. The summed E-state index contributed by atoms with van der Waals surface area (Å²) in [6, 6.07) is 2.01. The van der Waals surface area contributed by atoms with Crippen LogP contribution in [0.1, 0.15) is 17.0 Å². The molecular weight excluding hydrogens is 316 g/mol. The topological polar surface area (TPSA) is 32.3 Å². The number of anilines is 1. The molecule has 3 rings (SSSR count). The molecule has 0 amide bonds. The molecule has 0 aliphatic carbocycles. The highest BCUT2D eigenvalue weighted by molar-refractivity contribution is 7.09. The van der Waals surface area contributed by atoms with E-state index in [0.717, 1.165) is 42.6 Å². The highest BCUT2D eigenvalue weighted by Crippen LogP contribution is 2.29. The molecule has 0 spiro atoms. The Balaban J connectivity index is 1.55. The molecule has 0 unspecified atom stereocenters. The number of aromatic nitrogens is 2. The lowest BCUT2D eigenvalue weighted by molar-refractivity contribution is 0.281. The Kier molecular flexibility index (Phi) is 4.96. The van der Waals surface area contributed by atoms with Crippen molar-refractivity contribution in [1.82, 2.24) is 14.9 Å². The molecule has 0 radical (unpaired) electrons. The molecule has 1 aliphatic rings. The van der Waals surface area contributed by atoms with Crippen LogP contribution in [0.3, 0.4) is 0 Å². The summed E-state index contributed by atoms with van der Waals surface area (Å²) in [5.74, 6) is 0.683. The number of rotatable bonds is 5. The zero-order valence-electron chi connectivity index (χ0n) is 13.0. The summed E-state index contributed by atoms with van der Waals surface area (Å²) in [6.45, 7) is 6.32. The first-order valence-corrected chi connectivity index (χ1v) is 8.81. The minimum atomic E-state index is 0.683. The van der Waals surface area contributed by atoms with Gasteiger partial charge in [0, 0.05) is 43.4 Å². The van der Waals surface area contributed by atoms with E-state index < -0.39 is 0 Å². The molecule has 6 heteroatoms. The van der Waals surface area contributed by atoms with E-state index >= 15 is 0 Å². The molecular formula is C16H21ClN4S. The lowest BCUT2D eigenvalue weighted by Crippen LogP contribution is -2.28. The molecule has 0 N–H and O–H groups in total. The average Bonchev–Trinajstić information content (AvgIpc) is 3.10. The Hall–Kier alpha value is -1.17. The Bertz CT molecular complexity index is 630. The standard InChI is InChI=1S/C16H21ClN4S/c1-12-16(22-11-19-12)10-20(2)8-13-4-6-21(9-13)15-3-5-18-7-14(15)17/h3,5,7,11,13H,4,6,8-10H2,1-2H3/t13-/m1/s1. The Labute approximate surface area is 140 Å². The van der Waals surface area contributed by atoms with Crippen LogP contribution >= 0.6 is 22.9 Å². The van der Waals surface area contributed by atoms with Crippen LogP contribution < -0.4 is 4.90 Å². The van der Waals surface area contributed by atoms with E-state index in [1.165, 1.54) is 11.3 Å². The predicted octanol–water partition coefficient (Wildman–Crippen LogP) is 3.46. The maximum Gasteiger partial charge on any atom is 0.0822 e. The van der Waals surface area contributed by atoms with Gasteiger partial charge < -0.3 is 9.80 Å². The quantitative estimate of drug-likeness (QED) is 0.837. The summed E-state index contributed by atoms with van der Waals surface area (Å²) in [4.78, 5) is 14.5. The van der Waals surface area contributed by atoms with Crippen molar-refractivity contribution >= 4 is 28.6 Å². The fraction of sp³-hybridized carbons (Fsp3) is 0.500. The summed E-state index contributed by atoms with van der Waals surface area (Å²) >= 11 is 8.00. The van der Waals surface area contributed by atoms with Crippen LogP contribution in [0.15, 0.2) is 24.0 Å². The molecule has 1 fully saturated rings. The van der Waals surface area contributed by atoms with Crippen LogP contribution in [0, 0.1) is 12.8 Å². The van der Waals surface area contributed by atoms with Gasteiger partial charge in [0.15, 0.2) is 0 Å². The lowest BCUT2D eigenvalue weighted by Gasteiger charge is -2.22. The van der Waals surface area contributed by atoms with Crippen LogP contribution in [0.5, 0.6) is 0 Å². The van der Waals surface area contributed by atoms with E-state index in [0.29, 0.717) is 5.92 Å². The van der Waals surface area contributed by atoms with Gasteiger partial charge in [0.25, 0.3) is 0 Å². The van der Waals surface area contributed by atoms with Crippen molar-refractivity contribution in [1.29, 1.82) is 0 Å². The van der Waals surface area contributed by atoms with Gasteiger partial charge >= 0.3 is 0 Å². The molecule has 4 nitrogen and oxygen atoms in total. The van der Waals surface area contributed by atoms with Crippen LogP contribution in [-0.2, 0) is 6.54 Å². The van der Waals surface area contributed by atoms with Crippen molar-refractivity contribution in [2.24, 2.45) is 5.92 Å². The normalized spacial score (nSPS) is 18.4. The predicted molar refractivity (Wildman–Crippen MR) is 92.8 cm³/mol. The lowest BCUT2D eigenvalue weighted by atomic mass is 10.1. The Morgan fingerprint density at radius 3 is 3.09 bits per heavy atom. The van der Waals surface area contributed by atoms with E-state index in [1.54, 1.807) is 17.5 Å². The molecule has 0 aromatic carbocycles. The molecule has 2 aromatic heterocycles. The first-order valence-electron chi connectivity index (χ1n) is 7.55. The average molecular weight is 337 g/mol. The Morgan fingerprint density at radius 2 is 2.36 bits per heavy atom. The second-order valence-electron chi connectivity index (χ2n) is 5.99. The molecule has 118 valence electrons. The third kappa shape index (κ3) is 3.59. The van der Waals surface area contributed by atoms with E-state index in [2.05, 4.69) is 33.7 Å². The maximum atomic E-state index is 6.25. The molecule has 1 aliphatic heterocycles. The molecule has 0 bridgehead atoms. The molecule has 2 aromatic rings. The van der Waals surface area contributed by atoms with Crippen molar-refractivity contribution < 1.29 is 0 Å². The van der Waals surface area contributed by atoms with Gasteiger partial charge in [-0.25, -0.2) is 4.98 Å². The van der Waals surface area contributed by atoms with Crippen molar-refractivity contribution in [2.45, 2.75) is 19.9 Å². The minimum absolute atomic E-state index is 0.683. The monoisotopic (exact) mass is 336 g/mol. The summed E-state index contributed by atoms with van der Waals surface area (Å²) < 4.78 is 0. The number of nitrogens with zero attached hydrogens (tertiary/aromatic N) is 4. The van der Waals surface area contributed by atoms with E-state index in [-0.39, 0.29) is 0 Å². The van der Waals surface area contributed by atoms with E-state index in [4.69, 9.17) is 11.6 Å². The number of pyridine rings is 1. The second-order valence-corrected chi connectivity index (χ2v) is 7.33. The molecule has 3 heterocycles. The first-order chi connectivity index (χ1) is 10.6. The number of hydrogen-bond acceptors (Lipinski definition) is 5. The van der Waals surface area contributed by atoms with Crippen LogP contribution in [0.2, 0.25) is 5.02 Å². The molecule has 0 saturated carbocycles.